The van der Waals surface area contributed by atoms with Crippen LogP contribution in [0.2, 0.25) is 0 Å². The number of aromatic nitrogens is 2. The maximum atomic E-state index is 2.64. The van der Waals surface area contributed by atoms with E-state index < -0.39 is 0 Å². The summed E-state index contributed by atoms with van der Waals surface area (Å²) in [6, 6.07) is 0. The predicted molar refractivity (Wildman–Crippen MR) is 212 cm³/mol. The van der Waals surface area contributed by atoms with Gasteiger partial charge < -0.3 is 0 Å². The zero-order valence-electron chi connectivity index (χ0n) is 33.1. The van der Waals surface area contributed by atoms with Gasteiger partial charge in [-0.05, 0) is 32.1 Å². The third-order valence-electron chi connectivity index (χ3n) is 10.8. The molecule has 0 amide bonds. The van der Waals surface area contributed by atoms with Crippen LogP contribution in [0.1, 0.15) is 258 Å². The fourth-order valence-corrected chi connectivity index (χ4v) is 7.56. The van der Waals surface area contributed by atoms with Crippen LogP contribution in [0.4, 0.5) is 0 Å². The van der Waals surface area contributed by atoms with Crippen molar-refractivity contribution >= 4 is 0 Å². The molecule has 2 heteroatoms. The van der Waals surface area contributed by atoms with Crippen LogP contribution in [0.15, 0.2) is 12.4 Å². The van der Waals surface area contributed by atoms with Crippen molar-refractivity contribution in [2.75, 3.05) is 0 Å². The molecule has 0 atom stereocenters. The number of nitrogens with zero attached hydrogens (tertiary/aromatic N) is 2. The summed E-state index contributed by atoms with van der Waals surface area (Å²) >= 11 is 0. The van der Waals surface area contributed by atoms with Crippen LogP contribution < -0.4 is 4.57 Å². The monoisotopic (exact) mass is 658 g/mol. The maximum absolute atomic E-state index is 2.64. The molecule has 0 aliphatic carbocycles. The Morgan fingerprint density at radius 1 is 0.362 bits per heavy atom. The average molecular weight is 658 g/mol. The van der Waals surface area contributed by atoms with E-state index in [1.807, 2.05) is 0 Å². The van der Waals surface area contributed by atoms with Crippen LogP contribution in [-0.2, 0) is 19.5 Å². The van der Waals surface area contributed by atoms with E-state index in [1.54, 1.807) is 5.82 Å². The normalized spacial score (nSPS) is 11.6. The van der Waals surface area contributed by atoms with Gasteiger partial charge >= 0.3 is 0 Å². The highest BCUT2D eigenvalue weighted by Crippen LogP contribution is 2.16. The molecule has 2 nitrogen and oxygen atoms in total. The topological polar surface area (TPSA) is 8.81 Å². The van der Waals surface area contributed by atoms with Gasteiger partial charge in [0.15, 0.2) is 0 Å². The highest BCUT2D eigenvalue weighted by Gasteiger charge is 2.16. The van der Waals surface area contributed by atoms with Crippen LogP contribution in [0.3, 0.4) is 0 Å². The Bertz CT molecular complexity index is 722. The van der Waals surface area contributed by atoms with Crippen molar-refractivity contribution in [3.63, 3.8) is 0 Å². The van der Waals surface area contributed by atoms with E-state index in [-0.39, 0.29) is 0 Å². The summed E-state index contributed by atoms with van der Waals surface area (Å²) < 4.78 is 5.28. The SMILES string of the molecule is CCCCCCCCCCCCCCCCC[n+]1ccn(CCCCCCCCCCCCCCCC)c1CCCCCCCCC. The third kappa shape index (κ3) is 28.7. The molecule has 0 saturated carbocycles. The fourth-order valence-electron chi connectivity index (χ4n) is 7.56. The molecule has 0 aromatic carbocycles. The third-order valence-corrected chi connectivity index (χ3v) is 10.8. The summed E-state index contributed by atoms with van der Waals surface area (Å²) in [7, 11) is 0. The number of rotatable bonds is 39. The number of aryl methyl sites for hydroxylation is 2. The molecule has 0 N–H and O–H groups in total. The number of hydrogen-bond acceptors (Lipinski definition) is 0. The minimum Gasteiger partial charge on any atom is -0.234 e. The van der Waals surface area contributed by atoms with E-state index in [2.05, 4.69) is 42.3 Å². The molecular weight excluding hydrogens is 569 g/mol. The molecule has 1 rings (SSSR count). The number of imidazole rings is 1. The molecule has 1 heterocycles. The lowest BCUT2D eigenvalue weighted by Gasteiger charge is -2.07. The van der Waals surface area contributed by atoms with Crippen molar-refractivity contribution in [2.24, 2.45) is 0 Å². The Morgan fingerprint density at radius 2 is 0.660 bits per heavy atom. The highest BCUT2D eigenvalue weighted by molar-refractivity contribution is 4.84. The van der Waals surface area contributed by atoms with E-state index in [9.17, 15) is 0 Å². The first-order valence-electron chi connectivity index (χ1n) is 22.4. The van der Waals surface area contributed by atoms with Crippen molar-refractivity contribution in [1.82, 2.24) is 4.57 Å². The first-order chi connectivity index (χ1) is 23.3. The van der Waals surface area contributed by atoms with Crippen molar-refractivity contribution in [2.45, 2.75) is 271 Å². The molecule has 1 aromatic heterocycles. The number of hydrogen-bond donors (Lipinski definition) is 0. The quantitative estimate of drug-likeness (QED) is 0.0492. The van der Waals surface area contributed by atoms with Gasteiger partial charge in [-0.1, -0.05) is 220 Å². The van der Waals surface area contributed by atoms with Crippen LogP contribution in [-0.4, -0.2) is 4.57 Å². The van der Waals surface area contributed by atoms with E-state index in [4.69, 9.17) is 0 Å². The van der Waals surface area contributed by atoms with Crippen molar-refractivity contribution in [3.05, 3.63) is 18.2 Å². The Hall–Kier alpha value is -0.790. The molecular formula is C45H89N2+. The van der Waals surface area contributed by atoms with Gasteiger partial charge in [0.05, 0.1) is 13.1 Å². The van der Waals surface area contributed by atoms with Gasteiger partial charge in [0.1, 0.15) is 12.4 Å². The Balaban J connectivity index is 2.21. The Kier molecular flexibility index (Phi) is 34.3. The standard InChI is InChI=1S/C45H89N2/c1-4-7-10-13-16-18-20-22-24-26-28-30-33-36-39-42-47-44-43-46(45(47)40-37-34-31-15-12-9-6-3)41-38-35-32-29-27-25-23-21-19-17-14-11-8-5-2/h43-44H,4-42H2,1-3H3/q+1. The minimum absolute atomic E-state index is 1.23. The second-order valence-corrected chi connectivity index (χ2v) is 15.5. The lowest BCUT2D eigenvalue weighted by molar-refractivity contribution is -0.704. The van der Waals surface area contributed by atoms with E-state index in [1.165, 1.54) is 251 Å². The summed E-state index contributed by atoms with van der Waals surface area (Å²) in [5.74, 6) is 1.62. The van der Waals surface area contributed by atoms with Gasteiger partial charge in [-0.25, -0.2) is 9.13 Å². The van der Waals surface area contributed by atoms with Gasteiger partial charge in [-0.15, -0.1) is 0 Å². The Morgan fingerprint density at radius 3 is 1.02 bits per heavy atom. The fraction of sp³-hybridized carbons (Fsp3) is 0.933. The molecule has 1 aromatic rings. The van der Waals surface area contributed by atoms with Crippen LogP contribution in [0, 0.1) is 0 Å². The van der Waals surface area contributed by atoms with E-state index in [0.29, 0.717) is 0 Å². The molecule has 47 heavy (non-hydrogen) atoms. The van der Waals surface area contributed by atoms with Crippen molar-refractivity contribution in [3.8, 4) is 0 Å². The lowest BCUT2D eigenvalue weighted by atomic mass is 10.0. The highest BCUT2D eigenvalue weighted by atomic mass is 15.1. The molecule has 0 unspecified atom stereocenters. The Labute approximate surface area is 298 Å². The molecule has 278 valence electrons. The van der Waals surface area contributed by atoms with Crippen LogP contribution in [0.5, 0.6) is 0 Å². The summed E-state index contributed by atoms with van der Waals surface area (Å²) in [6.07, 6.45) is 57.8. The summed E-state index contributed by atoms with van der Waals surface area (Å²) in [6.45, 7) is 9.41. The van der Waals surface area contributed by atoms with Crippen molar-refractivity contribution in [1.29, 1.82) is 0 Å². The first kappa shape index (κ1) is 44.2. The molecule has 0 aliphatic heterocycles. The van der Waals surface area contributed by atoms with E-state index >= 15 is 0 Å². The van der Waals surface area contributed by atoms with Gasteiger partial charge in [0, 0.05) is 6.42 Å². The van der Waals surface area contributed by atoms with Gasteiger partial charge in [0.2, 0.25) is 0 Å². The largest absolute Gasteiger partial charge is 0.256 e. The zero-order chi connectivity index (χ0) is 33.7. The minimum atomic E-state index is 1.23. The van der Waals surface area contributed by atoms with Gasteiger partial charge in [-0.3, -0.25) is 0 Å². The zero-order valence-corrected chi connectivity index (χ0v) is 33.1. The second kappa shape index (κ2) is 36.5. The van der Waals surface area contributed by atoms with Crippen molar-refractivity contribution < 1.29 is 4.57 Å². The molecule has 0 fully saturated rings. The molecule has 0 radical (unpaired) electrons. The molecule has 0 aliphatic rings. The molecule has 0 saturated heterocycles. The van der Waals surface area contributed by atoms with Gasteiger partial charge in [0.25, 0.3) is 5.82 Å². The second-order valence-electron chi connectivity index (χ2n) is 15.5. The van der Waals surface area contributed by atoms with E-state index in [0.717, 1.165) is 0 Å². The molecule has 0 spiro atoms. The summed E-state index contributed by atoms with van der Waals surface area (Å²) in [5, 5.41) is 0. The number of unbranched alkanes of at least 4 members (excludes halogenated alkanes) is 33. The molecule has 0 bridgehead atoms. The summed E-state index contributed by atoms with van der Waals surface area (Å²) in [4.78, 5) is 0. The lowest BCUT2D eigenvalue weighted by Crippen LogP contribution is -2.37. The smallest absolute Gasteiger partial charge is 0.234 e. The predicted octanol–water partition coefficient (Wildman–Crippen LogP) is 15.4. The average Bonchev–Trinajstić information content (AvgIpc) is 3.47. The summed E-state index contributed by atoms with van der Waals surface area (Å²) in [5.41, 5.74) is 0. The van der Waals surface area contributed by atoms with Gasteiger partial charge in [-0.2, -0.15) is 0 Å². The maximum Gasteiger partial charge on any atom is 0.256 e. The van der Waals surface area contributed by atoms with Crippen LogP contribution in [0.25, 0.3) is 0 Å². The van der Waals surface area contributed by atoms with Crippen LogP contribution >= 0.6 is 0 Å². The first-order valence-corrected chi connectivity index (χ1v) is 22.4.